The van der Waals surface area contributed by atoms with Gasteiger partial charge in [0.15, 0.2) is 5.69 Å². The Labute approximate surface area is 164 Å². The zero-order valence-corrected chi connectivity index (χ0v) is 16.4. The van der Waals surface area contributed by atoms with Crippen molar-refractivity contribution in [1.29, 1.82) is 0 Å². The molecule has 1 aromatic carbocycles. The number of ether oxygens (including phenoxy) is 1. The van der Waals surface area contributed by atoms with Gasteiger partial charge in [-0.1, -0.05) is 22.8 Å². The van der Waals surface area contributed by atoms with E-state index in [-0.39, 0.29) is 17.5 Å². The third-order valence-electron chi connectivity index (χ3n) is 5.30. The van der Waals surface area contributed by atoms with Crippen LogP contribution in [0.2, 0.25) is 5.02 Å². The minimum Gasteiger partial charge on any atom is -0.370 e. The predicted octanol–water partition coefficient (Wildman–Crippen LogP) is 3.57. The molecule has 0 N–H and O–H groups in total. The van der Waals surface area contributed by atoms with Crippen molar-refractivity contribution in [3.8, 4) is 11.6 Å². The molecule has 1 aliphatic rings. The molecule has 144 valence electrons. The second-order valence-corrected chi connectivity index (χ2v) is 7.72. The molecule has 4 aromatic rings. The van der Waals surface area contributed by atoms with E-state index < -0.39 is 5.60 Å². The van der Waals surface area contributed by atoms with E-state index in [4.69, 9.17) is 20.9 Å². The van der Waals surface area contributed by atoms with Crippen molar-refractivity contribution in [3.05, 3.63) is 45.7 Å². The van der Waals surface area contributed by atoms with Gasteiger partial charge in [-0.05, 0) is 38.8 Å². The maximum Gasteiger partial charge on any atom is 0.279 e. The molecule has 3 aromatic heterocycles. The van der Waals surface area contributed by atoms with Crippen LogP contribution in [0, 0.1) is 0 Å². The van der Waals surface area contributed by atoms with Crippen LogP contribution in [0.15, 0.2) is 33.8 Å². The summed E-state index contributed by atoms with van der Waals surface area (Å²) >= 11 is 6.43. The molecular formula is C19H18ClN5O3. The lowest BCUT2D eigenvalue weighted by atomic mass is 10.2. The highest BCUT2D eigenvalue weighted by Crippen LogP contribution is 2.47. The highest BCUT2D eigenvalue weighted by Gasteiger charge is 2.49. The van der Waals surface area contributed by atoms with Crippen molar-refractivity contribution in [2.45, 2.75) is 38.3 Å². The Bertz CT molecular complexity index is 1280. The second kappa shape index (κ2) is 5.89. The van der Waals surface area contributed by atoms with Gasteiger partial charge in [0.1, 0.15) is 17.4 Å². The van der Waals surface area contributed by atoms with Gasteiger partial charge in [-0.2, -0.15) is 4.98 Å². The summed E-state index contributed by atoms with van der Waals surface area (Å²) < 4.78 is 14.4. The molecule has 0 amide bonds. The van der Waals surface area contributed by atoms with Gasteiger partial charge >= 0.3 is 0 Å². The number of nitrogens with zero attached hydrogens (tertiary/aromatic N) is 5. The average Bonchev–Trinajstić information content (AvgIpc) is 3.11. The number of rotatable bonds is 4. The molecule has 0 radical (unpaired) electrons. The number of para-hydroxylation sites is 1. The molecule has 1 fully saturated rings. The largest absolute Gasteiger partial charge is 0.370 e. The Kier molecular flexibility index (Phi) is 3.66. The molecule has 0 bridgehead atoms. The van der Waals surface area contributed by atoms with E-state index in [1.807, 2.05) is 26.0 Å². The van der Waals surface area contributed by atoms with E-state index >= 15 is 0 Å². The Morgan fingerprint density at radius 1 is 1.29 bits per heavy atom. The first-order chi connectivity index (χ1) is 13.5. The van der Waals surface area contributed by atoms with Crippen molar-refractivity contribution in [1.82, 2.24) is 24.1 Å². The SMILES string of the molecule is COC1(c2noc(-c3ncn4c3c(=O)n(C(C)C)c3c(Cl)cccc34)n2)CC1. The Balaban J connectivity index is 1.81. The lowest BCUT2D eigenvalue weighted by molar-refractivity contribution is 0.0689. The maximum atomic E-state index is 13.4. The fourth-order valence-electron chi connectivity index (χ4n) is 3.67. The van der Waals surface area contributed by atoms with Crippen molar-refractivity contribution < 1.29 is 9.26 Å². The molecule has 0 spiro atoms. The van der Waals surface area contributed by atoms with Crippen LogP contribution in [0.5, 0.6) is 0 Å². The summed E-state index contributed by atoms with van der Waals surface area (Å²) in [7, 11) is 1.63. The number of halogens is 1. The zero-order valence-electron chi connectivity index (χ0n) is 15.6. The predicted molar refractivity (Wildman–Crippen MR) is 104 cm³/mol. The number of aromatic nitrogens is 5. The average molecular weight is 400 g/mol. The van der Waals surface area contributed by atoms with Crippen molar-refractivity contribution in [3.63, 3.8) is 0 Å². The van der Waals surface area contributed by atoms with E-state index in [9.17, 15) is 4.79 Å². The molecule has 0 unspecified atom stereocenters. The molecule has 8 nitrogen and oxygen atoms in total. The van der Waals surface area contributed by atoms with Crippen LogP contribution in [-0.4, -0.2) is 31.2 Å². The summed E-state index contributed by atoms with van der Waals surface area (Å²) in [5.74, 6) is 0.689. The lowest BCUT2D eigenvalue weighted by Crippen LogP contribution is -2.25. The first kappa shape index (κ1) is 17.4. The summed E-state index contributed by atoms with van der Waals surface area (Å²) in [5, 5.41) is 4.57. The molecule has 1 aliphatic carbocycles. The Hall–Kier alpha value is -2.71. The van der Waals surface area contributed by atoms with Gasteiger partial charge in [0.05, 0.1) is 16.1 Å². The number of fused-ring (bicyclic) bond motifs is 3. The van der Waals surface area contributed by atoms with E-state index in [2.05, 4.69) is 15.1 Å². The topological polar surface area (TPSA) is 87.5 Å². The molecule has 28 heavy (non-hydrogen) atoms. The van der Waals surface area contributed by atoms with Gasteiger partial charge in [-0.3, -0.25) is 9.20 Å². The second-order valence-electron chi connectivity index (χ2n) is 7.31. The van der Waals surface area contributed by atoms with Crippen LogP contribution in [0.4, 0.5) is 0 Å². The molecular weight excluding hydrogens is 382 g/mol. The van der Waals surface area contributed by atoms with Gasteiger partial charge in [-0.25, -0.2) is 4.98 Å². The van der Waals surface area contributed by atoms with Crippen LogP contribution in [0.1, 0.15) is 38.6 Å². The molecule has 9 heteroatoms. The lowest BCUT2D eigenvalue weighted by Gasteiger charge is -2.16. The summed E-state index contributed by atoms with van der Waals surface area (Å²) in [6.45, 7) is 3.88. The van der Waals surface area contributed by atoms with Gasteiger partial charge in [0.25, 0.3) is 11.4 Å². The smallest absolute Gasteiger partial charge is 0.279 e. The quantitative estimate of drug-likeness (QED) is 0.521. The van der Waals surface area contributed by atoms with Crippen molar-refractivity contribution in [2.75, 3.05) is 7.11 Å². The Morgan fingerprint density at radius 3 is 2.75 bits per heavy atom. The van der Waals surface area contributed by atoms with Gasteiger partial charge in [0.2, 0.25) is 5.82 Å². The number of hydrogen-bond acceptors (Lipinski definition) is 6. The van der Waals surface area contributed by atoms with Crippen LogP contribution in [-0.2, 0) is 10.3 Å². The molecule has 1 saturated carbocycles. The Morgan fingerprint density at radius 2 is 2.07 bits per heavy atom. The third-order valence-corrected chi connectivity index (χ3v) is 5.61. The number of imidazole rings is 1. The fourth-order valence-corrected chi connectivity index (χ4v) is 3.93. The molecule has 5 rings (SSSR count). The highest BCUT2D eigenvalue weighted by molar-refractivity contribution is 6.35. The standard InChI is InChI=1S/C19H18ClN5O3/c1-10(2)25-14-11(20)5-4-6-12(14)24-9-21-13(15(24)17(25)26)16-22-18(23-28-16)19(27-3)7-8-19/h4-6,9-10H,7-8H2,1-3H3. The van der Waals surface area contributed by atoms with Crippen LogP contribution < -0.4 is 5.56 Å². The van der Waals surface area contributed by atoms with Crippen molar-refractivity contribution in [2.24, 2.45) is 0 Å². The summed E-state index contributed by atoms with van der Waals surface area (Å²) in [6, 6.07) is 5.43. The van der Waals surface area contributed by atoms with E-state index in [1.54, 1.807) is 28.5 Å². The molecule has 3 heterocycles. The maximum absolute atomic E-state index is 13.4. The molecule has 0 atom stereocenters. The third kappa shape index (κ3) is 2.28. The normalized spacial score (nSPS) is 15.8. The van der Waals surface area contributed by atoms with E-state index in [0.29, 0.717) is 27.6 Å². The van der Waals surface area contributed by atoms with Crippen LogP contribution in [0.25, 0.3) is 28.1 Å². The monoisotopic (exact) mass is 399 g/mol. The zero-order chi connectivity index (χ0) is 19.6. The number of methoxy groups -OCH3 is 1. The summed E-state index contributed by atoms with van der Waals surface area (Å²) in [5.41, 5.74) is 1.49. The molecule has 0 aliphatic heterocycles. The van der Waals surface area contributed by atoms with Crippen molar-refractivity contribution >= 4 is 28.2 Å². The summed E-state index contributed by atoms with van der Waals surface area (Å²) in [6.07, 6.45) is 3.27. The van der Waals surface area contributed by atoms with Crippen LogP contribution >= 0.6 is 11.6 Å². The molecule has 0 saturated heterocycles. The number of hydrogen-bond donors (Lipinski definition) is 0. The summed E-state index contributed by atoms with van der Waals surface area (Å²) in [4.78, 5) is 22.3. The first-order valence-corrected chi connectivity index (χ1v) is 9.44. The fraction of sp³-hybridized carbons (Fsp3) is 0.368. The van der Waals surface area contributed by atoms with E-state index in [1.165, 1.54) is 0 Å². The van der Waals surface area contributed by atoms with Crippen LogP contribution in [0.3, 0.4) is 0 Å². The van der Waals surface area contributed by atoms with Gasteiger partial charge in [0, 0.05) is 13.2 Å². The first-order valence-electron chi connectivity index (χ1n) is 9.06. The minimum absolute atomic E-state index is 0.0934. The van der Waals surface area contributed by atoms with E-state index in [0.717, 1.165) is 18.4 Å². The van der Waals surface area contributed by atoms with Gasteiger partial charge < -0.3 is 13.8 Å². The highest BCUT2D eigenvalue weighted by atomic mass is 35.5. The number of benzene rings is 1. The minimum atomic E-state index is -0.477. The van der Waals surface area contributed by atoms with Gasteiger partial charge in [-0.15, -0.1) is 0 Å².